The molecule has 10 heavy (non-hydrogen) atoms. The first-order chi connectivity index (χ1) is 4.70. The molecular formula is C8H12ClN. The summed E-state index contributed by atoms with van der Waals surface area (Å²) in [6, 6.07) is 0. The highest BCUT2D eigenvalue weighted by atomic mass is 35.5. The van der Waals surface area contributed by atoms with Crippen molar-refractivity contribution < 1.29 is 0 Å². The molecule has 0 spiro atoms. The molecule has 0 saturated heterocycles. The van der Waals surface area contributed by atoms with Gasteiger partial charge in [-0.1, -0.05) is 23.8 Å². The van der Waals surface area contributed by atoms with E-state index in [0.717, 1.165) is 11.6 Å². The van der Waals surface area contributed by atoms with Crippen molar-refractivity contribution in [2.24, 2.45) is 5.92 Å². The van der Waals surface area contributed by atoms with Crippen LogP contribution in [0.2, 0.25) is 0 Å². The molecule has 0 N–H and O–H groups in total. The Hall–Kier alpha value is -0.430. The minimum Gasteiger partial charge on any atom is -0.369 e. The highest BCUT2D eigenvalue weighted by molar-refractivity contribution is 6.29. The first-order valence-corrected chi connectivity index (χ1v) is 3.79. The van der Waals surface area contributed by atoms with Gasteiger partial charge in [0.2, 0.25) is 0 Å². The predicted octanol–water partition coefficient (Wildman–Crippen LogP) is 2.20. The number of halogens is 1. The van der Waals surface area contributed by atoms with Gasteiger partial charge in [-0.15, -0.1) is 0 Å². The first kappa shape index (κ1) is 7.67. The van der Waals surface area contributed by atoms with Crippen molar-refractivity contribution in [2.75, 3.05) is 14.1 Å². The van der Waals surface area contributed by atoms with Crippen LogP contribution in [0.5, 0.6) is 0 Å². The third-order valence-electron chi connectivity index (χ3n) is 1.45. The second-order valence-corrected chi connectivity index (χ2v) is 3.09. The van der Waals surface area contributed by atoms with Gasteiger partial charge in [-0.05, 0) is 18.4 Å². The molecule has 1 aliphatic carbocycles. The zero-order chi connectivity index (χ0) is 7.56. The van der Waals surface area contributed by atoms with Crippen molar-refractivity contribution in [3.63, 3.8) is 0 Å². The maximum atomic E-state index is 5.85. The van der Waals surface area contributed by atoms with E-state index < -0.39 is 0 Å². The summed E-state index contributed by atoms with van der Waals surface area (Å²) in [6.45, 7) is 0. The van der Waals surface area contributed by atoms with Crippen molar-refractivity contribution in [1.82, 2.24) is 4.90 Å². The molecule has 0 saturated carbocycles. The minimum atomic E-state index is 0.689. The van der Waals surface area contributed by atoms with E-state index in [4.69, 9.17) is 11.6 Å². The van der Waals surface area contributed by atoms with Crippen LogP contribution in [-0.2, 0) is 0 Å². The fourth-order valence-electron chi connectivity index (χ4n) is 0.652. The molecule has 0 unspecified atom stereocenters. The second kappa shape index (κ2) is 3.11. The van der Waals surface area contributed by atoms with E-state index in [1.165, 1.54) is 0 Å². The van der Waals surface area contributed by atoms with Crippen LogP contribution in [-0.4, -0.2) is 19.0 Å². The van der Waals surface area contributed by atoms with Gasteiger partial charge in [0.15, 0.2) is 0 Å². The fourth-order valence-corrected chi connectivity index (χ4v) is 0.741. The van der Waals surface area contributed by atoms with Gasteiger partial charge in [0.05, 0.1) is 5.16 Å². The molecule has 0 radical (unpaired) electrons. The lowest BCUT2D eigenvalue weighted by Gasteiger charge is -2.09. The maximum absolute atomic E-state index is 5.85. The number of hydrogen-bond acceptors (Lipinski definition) is 1. The number of nitrogens with zero attached hydrogens (tertiary/aromatic N) is 1. The molecule has 0 aromatic rings. The zero-order valence-electron chi connectivity index (χ0n) is 6.34. The summed E-state index contributed by atoms with van der Waals surface area (Å²) in [5, 5.41) is 0.828. The molecule has 0 atom stereocenters. The molecule has 0 bridgehead atoms. The Balaban J connectivity index is 2.22. The van der Waals surface area contributed by atoms with Crippen LogP contribution in [0.15, 0.2) is 23.4 Å². The van der Waals surface area contributed by atoms with Gasteiger partial charge in [-0.3, -0.25) is 0 Å². The summed E-state index contributed by atoms with van der Waals surface area (Å²) in [7, 11) is 3.89. The molecule has 0 heterocycles. The molecule has 0 fully saturated rings. The van der Waals surface area contributed by atoms with Gasteiger partial charge in [0.25, 0.3) is 0 Å². The third-order valence-corrected chi connectivity index (χ3v) is 1.94. The number of hydrogen-bond donors (Lipinski definition) is 0. The predicted molar refractivity (Wildman–Crippen MR) is 44.9 cm³/mol. The Morgan fingerprint density at radius 3 is 2.60 bits per heavy atom. The van der Waals surface area contributed by atoms with E-state index in [2.05, 4.69) is 12.2 Å². The van der Waals surface area contributed by atoms with Crippen molar-refractivity contribution in [3.8, 4) is 0 Å². The van der Waals surface area contributed by atoms with Crippen LogP contribution >= 0.6 is 11.6 Å². The van der Waals surface area contributed by atoms with Crippen molar-refractivity contribution in [2.45, 2.75) is 6.42 Å². The Morgan fingerprint density at radius 2 is 2.20 bits per heavy atom. The Kier molecular flexibility index (Phi) is 2.39. The van der Waals surface area contributed by atoms with Crippen LogP contribution in [0.25, 0.3) is 0 Å². The van der Waals surface area contributed by atoms with Gasteiger partial charge in [-0.25, -0.2) is 0 Å². The Morgan fingerprint density at radius 1 is 1.60 bits per heavy atom. The SMILES string of the molecule is CN(C)/C(Cl)=C\CC1C=C1. The van der Waals surface area contributed by atoms with Crippen LogP contribution in [0.3, 0.4) is 0 Å². The molecule has 0 aromatic heterocycles. The number of rotatable bonds is 3. The van der Waals surface area contributed by atoms with Crippen LogP contribution in [0.1, 0.15) is 6.42 Å². The quantitative estimate of drug-likeness (QED) is 0.449. The molecule has 2 heteroatoms. The molecule has 1 rings (SSSR count). The highest BCUT2D eigenvalue weighted by Gasteiger charge is 2.08. The maximum Gasteiger partial charge on any atom is 0.0998 e. The fraction of sp³-hybridized carbons (Fsp3) is 0.500. The van der Waals surface area contributed by atoms with E-state index in [0.29, 0.717) is 5.92 Å². The first-order valence-electron chi connectivity index (χ1n) is 3.41. The molecule has 0 aromatic carbocycles. The lowest BCUT2D eigenvalue weighted by atomic mass is 10.2. The molecule has 56 valence electrons. The summed E-state index contributed by atoms with van der Waals surface area (Å²) in [6.07, 6.45) is 7.45. The molecule has 1 nitrogen and oxygen atoms in total. The topological polar surface area (TPSA) is 3.24 Å². The molecule has 0 aliphatic heterocycles. The van der Waals surface area contributed by atoms with Crippen molar-refractivity contribution in [3.05, 3.63) is 23.4 Å². The molecule has 0 amide bonds. The smallest absolute Gasteiger partial charge is 0.0998 e. The lowest BCUT2D eigenvalue weighted by molar-refractivity contribution is 0.543. The van der Waals surface area contributed by atoms with E-state index in [1.54, 1.807) is 0 Å². The monoisotopic (exact) mass is 157 g/mol. The van der Waals surface area contributed by atoms with Crippen LogP contribution in [0.4, 0.5) is 0 Å². The summed E-state index contributed by atoms with van der Waals surface area (Å²) in [5.41, 5.74) is 0. The number of allylic oxidation sites excluding steroid dienone is 3. The van der Waals surface area contributed by atoms with E-state index in [1.807, 2.05) is 25.1 Å². The van der Waals surface area contributed by atoms with Gasteiger partial charge in [0.1, 0.15) is 0 Å². The minimum absolute atomic E-state index is 0.689. The summed E-state index contributed by atoms with van der Waals surface area (Å²) < 4.78 is 0. The van der Waals surface area contributed by atoms with Crippen molar-refractivity contribution >= 4 is 11.6 Å². The van der Waals surface area contributed by atoms with Crippen LogP contribution < -0.4 is 0 Å². The second-order valence-electron chi connectivity index (χ2n) is 2.71. The Labute approximate surface area is 67.0 Å². The average Bonchev–Trinajstić information content (AvgIpc) is 2.64. The summed E-state index contributed by atoms with van der Waals surface area (Å²) >= 11 is 5.85. The normalized spacial score (nSPS) is 17.7. The van der Waals surface area contributed by atoms with Gasteiger partial charge in [-0.2, -0.15) is 0 Å². The Bertz CT molecular complexity index is 164. The van der Waals surface area contributed by atoms with Crippen LogP contribution in [0, 0.1) is 5.92 Å². The van der Waals surface area contributed by atoms with E-state index in [9.17, 15) is 0 Å². The van der Waals surface area contributed by atoms with Gasteiger partial charge in [0, 0.05) is 14.1 Å². The van der Waals surface area contributed by atoms with Gasteiger partial charge < -0.3 is 4.90 Å². The highest BCUT2D eigenvalue weighted by Crippen LogP contribution is 2.22. The largest absolute Gasteiger partial charge is 0.369 e. The molecule has 1 aliphatic rings. The summed E-state index contributed by atoms with van der Waals surface area (Å²) in [5.74, 6) is 0.689. The van der Waals surface area contributed by atoms with E-state index >= 15 is 0 Å². The standard InChI is InChI=1S/C8H12ClN/c1-10(2)8(9)6-5-7-3-4-7/h3-4,6-7H,5H2,1-2H3/b8-6-. The third kappa shape index (κ3) is 2.44. The summed E-state index contributed by atoms with van der Waals surface area (Å²) in [4.78, 5) is 1.91. The molecular weight excluding hydrogens is 146 g/mol. The lowest BCUT2D eigenvalue weighted by Crippen LogP contribution is -2.06. The van der Waals surface area contributed by atoms with E-state index in [-0.39, 0.29) is 0 Å². The average molecular weight is 158 g/mol. The zero-order valence-corrected chi connectivity index (χ0v) is 7.10. The van der Waals surface area contributed by atoms with Crippen molar-refractivity contribution in [1.29, 1.82) is 0 Å². The van der Waals surface area contributed by atoms with Gasteiger partial charge >= 0.3 is 0 Å².